The van der Waals surface area contributed by atoms with Gasteiger partial charge in [-0.3, -0.25) is 4.79 Å². The molecule has 122 valence electrons. The zero-order valence-electron chi connectivity index (χ0n) is 12.8. The van der Waals surface area contributed by atoms with Gasteiger partial charge < -0.3 is 10.1 Å². The number of hydrogen-bond acceptors (Lipinski definition) is 3. The third kappa shape index (κ3) is 5.34. The molecule has 3 nitrogen and oxygen atoms in total. The number of methoxy groups -OCH3 is 1. The molecule has 0 spiro atoms. The maximum Gasteiger partial charge on any atom is 0.230 e. The summed E-state index contributed by atoms with van der Waals surface area (Å²) in [6.07, 6.45) is 0. The lowest BCUT2D eigenvalue weighted by Crippen LogP contribution is -2.28. The summed E-state index contributed by atoms with van der Waals surface area (Å²) >= 11 is 13.4. The lowest BCUT2D eigenvalue weighted by molar-refractivity contribution is -0.119. The number of carbonyl (C=O) groups excluding carboxylic acids is 1. The molecule has 0 aliphatic rings. The van der Waals surface area contributed by atoms with Crippen LogP contribution in [-0.4, -0.2) is 18.8 Å². The van der Waals surface area contributed by atoms with Gasteiger partial charge in [-0.05, 0) is 48.9 Å². The Morgan fingerprint density at radius 2 is 1.87 bits per heavy atom. The van der Waals surface area contributed by atoms with E-state index in [9.17, 15) is 4.79 Å². The first kappa shape index (κ1) is 18.0. The summed E-state index contributed by atoms with van der Waals surface area (Å²) in [6, 6.07) is 12.8. The van der Waals surface area contributed by atoms with Gasteiger partial charge in [0.05, 0.1) is 28.9 Å². The molecule has 0 aromatic heterocycles. The highest BCUT2D eigenvalue weighted by Gasteiger charge is 2.11. The van der Waals surface area contributed by atoms with Crippen LogP contribution in [-0.2, 0) is 4.79 Å². The highest BCUT2D eigenvalue weighted by Crippen LogP contribution is 2.26. The van der Waals surface area contributed by atoms with Crippen LogP contribution in [0.1, 0.15) is 18.5 Å². The number of nitrogens with one attached hydrogen (secondary N) is 1. The molecule has 1 atom stereocenters. The summed E-state index contributed by atoms with van der Waals surface area (Å²) < 4.78 is 5.11. The SMILES string of the molecule is COc1ccc(SCC(=O)NC(C)c2ccc(Cl)c(Cl)c2)cc1. The van der Waals surface area contributed by atoms with Crippen molar-refractivity contribution in [3.05, 3.63) is 58.1 Å². The average molecular weight is 370 g/mol. The molecule has 2 aromatic carbocycles. The largest absolute Gasteiger partial charge is 0.497 e. The molecular weight excluding hydrogens is 353 g/mol. The van der Waals surface area contributed by atoms with Crippen molar-refractivity contribution in [2.45, 2.75) is 17.9 Å². The van der Waals surface area contributed by atoms with E-state index in [-0.39, 0.29) is 11.9 Å². The number of thioether (sulfide) groups is 1. The molecule has 0 saturated carbocycles. The van der Waals surface area contributed by atoms with E-state index >= 15 is 0 Å². The van der Waals surface area contributed by atoms with E-state index in [1.54, 1.807) is 19.2 Å². The Morgan fingerprint density at radius 1 is 1.17 bits per heavy atom. The summed E-state index contributed by atoms with van der Waals surface area (Å²) in [6.45, 7) is 1.91. The number of rotatable bonds is 6. The van der Waals surface area contributed by atoms with E-state index in [1.165, 1.54) is 11.8 Å². The number of benzene rings is 2. The van der Waals surface area contributed by atoms with Gasteiger partial charge in [0.2, 0.25) is 5.91 Å². The lowest BCUT2D eigenvalue weighted by atomic mass is 10.1. The fraction of sp³-hybridized carbons (Fsp3) is 0.235. The summed E-state index contributed by atoms with van der Waals surface area (Å²) in [5, 5.41) is 3.94. The van der Waals surface area contributed by atoms with Gasteiger partial charge >= 0.3 is 0 Å². The second kappa shape index (κ2) is 8.48. The smallest absolute Gasteiger partial charge is 0.230 e. The van der Waals surface area contributed by atoms with Crippen molar-refractivity contribution in [2.75, 3.05) is 12.9 Å². The summed E-state index contributed by atoms with van der Waals surface area (Å²) in [7, 11) is 1.63. The van der Waals surface area contributed by atoms with E-state index in [0.29, 0.717) is 15.8 Å². The van der Waals surface area contributed by atoms with Crippen LogP contribution in [0.25, 0.3) is 0 Å². The third-order valence-corrected chi connectivity index (χ3v) is 5.00. The van der Waals surface area contributed by atoms with Crippen LogP contribution in [0.2, 0.25) is 10.0 Å². The van der Waals surface area contributed by atoms with Crippen LogP contribution in [0.4, 0.5) is 0 Å². The zero-order valence-corrected chi connectivity index (χ0v) is 15.1. The minimum absolute atomic E-state index is 0.0376. The van der Waals surface area contributed by atoms with Gasteiger partial charge in [-0.15, -0.1) is 11.8 Å². The number of halogens is 2. The molecule has 0 aliphatic carbocycles. The molecule has 2 aromatic rings. The first-order valence-electron chi connectivity index (χ1n) is 7.00. The van der Waals surface area contributed by atoms with E-state index in [0.717, 1.165) is 16.2 Å². The van der Waals surface area contributed by atoms with Gasteiger partial charge in [0.15, 0.2) is 0 Å². The van der Waals surface area contributed by atoms with Gasteiger partial charge in [0, 0.05) is 4.90 Å². The number of hydrogen-bond donors (Lipinski definition) is 1. The highest BCUT2D eigenvalue weighted by molar-refractivity contribution is 8.00. The molecule has 1 amide bonds. The van der Waals surface area contributed by atoms with E-state index < -0.39 is 0 Å². The molecule has 0 heterocycles. The van der Waals surface area contributed by atoms with Crippen molar-refractivity contribution in [1.82, 2.24) is 5.32 Å². The molecular formula is C17H17Cl2NO2S. The summed E-state index contributed by atoms with van der Waals surface area (Å²) in [5.41, 5.74) is 0.919. The predicted octanol–water partition coefficient (Wildman–Crippen LogP) is 4.97. The first-order chi connectivity index (χ1) is 11.0. The van der Waals surface area contributed by atoms with Crippen molar-refractivity contribution < 1.29 is 9.53 Å². The number of ether oxygens (including phenoxy) is 1. The minimum Gasteiger partial charge on any atom is -0.497 e. The lowest BCUT2D eigenvalue weighted by Gasteiger charge is -2.15. The normalized spacial score (nSPS) is 11.8. The van der Waals surface area contributed by atoms with Gasteiger partial charge in [-0.2, -0.15) is 0 Å². The van der Waals surface area contributed by atoms with Crippen LogP contribution in [0.3, 0.4) is 0 Å². The maximum absolute atomic E-state index is 12.1. The van der Waals surface area contributed by atoms with Crippen LogP contribution < -0.4 is 10.1 Å². The molecule has 23 heavy (non-hydrogen) atoms. The third-order valence-electron chi connectivity index (χ3n) is 3.25. The maximum atomic E-state index is 12.1. The second-order valence-electron chi connectivity index (χ2n) is 4.93. The molecule has 2 rings (SSSR count). The van der Waals surface area contributed by atoms with E-state index in [1.807, 2.05) is 37.3 Å². The average Bonchev–Trinajstić information content (AvgIpc) is 2.55. The molecule has 6 heteroatoms. The zero-order chi connectivity index (χ0) is 16.8. The standard InChI is InChI=1S/C17H17Cl2NO2S/c1-11(12-3-8-15(18)16(19)9-12)20-17(21)10-23-14-6-4-13(22-2)5-7-14/h3-9,11H,10H2,1-2H3,(H,20,21). The minimum atomic E-state index is -0.131. The van der Waals surface area contributed by atoms with E-state index in [2.05, 4.69) is 5.32 Å². The quantitative estimate of drug-likeness (QED) is 0.730. The molecule has 1 N–H and O–H groups in total. The van der Waals surface area contributed by atoms with Crippen molar-refractivity contribution in [3.8, 4) is 5.75 Å². The van der Waals surface area contributed by atoms with Gasteiger partial charge in [-0.1, -0.05) is 29.3 Å². The van der Waals surface area contributed by atoms with Crippen LogP contribution >= 0.6 is 35.0 Å². The molecule has 0 aliphatic heterocycles. The van der Waals surface area contributed by atoms with Gasteiger partial charge in [0.1, 0.15) is 5.75 Å². The van der Waals surface area contributed by atoms with Crippen molar-refractivity contribution in [3.63, 3.8) is 0 Å². The Kier molecular flexibility index (Phi) is 6.63. The second-order valence-corrected chi connectivity index (χ2v) is 6.79. The Bertz CT molecular complexity index is 677. The van der Waals surface area contributed by atoms with Crippen molar-refractivity contribution in [2.24, 2.45) is 0 Å². The van der Waals surface area contributed by atoms with Crippen LogP contribution in [0.5, 0.6) is 5.75 Å². The van der Waals surface area contributed by atoms with Gasteiger partial charge in [-0.25, -0.2) is 0 Å². The molecule has 0 radical (unpaired) electrons. The number of carbonyl (C=O) groups is 1. The highest BCUT2D eigenvalue weighted by atomic mass is 35.5. The Morgan fingerprint density at radius 3 is 2.48 bits per heavy atom. The fourth-order valence-electron chi connectivity index (χ4n) is 1.97. The monoisotopic (exact) mass is 369 g/mol. The Labute approximate surface area is 150 Å². The summed E-state index contributed by atoms with van der Waals surface area (Å²) in [4.78, 5) is 13.1. The first-order valence-corrected chi connectivity index (χ1v) is 8.75. The molecule has 0 saturated heterocycles. The van der Waals surface area contributed by atoms with Crippen molar-refractivity contribution >= 4 is 40.9 Å². The predicted molar refractivity (Wildman–Crippen MR) is 96.7 cm³/mol. The molecule has 0 fully saturated rings. The topological polar surface area (TPSA) is 38.3 Å². The Balaban J connectivity index is 1.86. The summed E-state index contributed by atoms with van der Waals surface area (Å²) in [5.74, 6) is 1.11. The van der Waals surface area contributed by atoms with Crippen LogP contribution in [0, 0.1) is 0 Å². The fourth-order valence-corrected chi connectivity index (χ4v) is 2.99. The van der Waals surface area contributed by atoms with Crippen LogP contribution in [0.15, 0.2) is 47.4 Å². The Hall–Kier alpha value is -1.36. The number of amides is 1. The molecule has 1 unspecified atom stereocenters. The molecule has 0 bridgehead atoms. The van der Waals surface area contributed by atoms with E-state index in [4.69, 9.17) is 27.9 Å². The van der Waals surface area contributed by atoms with Crippen molar-refractivity contribution in [1.29, 1.82) is 0 Å². The van der Waals surface area contributed by atoms with Gasteiger partial charge in [0.25, 0.3) is 0 Å².